The van der Waals surface area contributed by atoms with E-state index in [-0.39, 0.29) is 23.9 Å². The van der Waals surface area contributed by atoms with E-state index >= 15 is 0 Å². The van der Waals surface area contributed by atoms with Gasteiger partial charge in [0.15, 0.2) is 0 Å². The van der Waals surface area contributed by atoms with E-state index in [1.165, 1.54) is 29.8 Å². The molecule has 2 aromatic heterocycles. The average Bonchev–Trinajstić information content (AvgIpc) is 3.44. The van der Waals surface area contributed by atoms with E-state index in [1.54, 1.807) is 18.0 Å². The van der Waals surface area contributed by atoms with Crippen LogP contribution in [0.25, 0.3) is 10.2 Å². The number of aromatic nitrogens is 2. The molecule has 0 radical (unpaired) electrons. The first kappa shape index (κ1) is 25.6. The summed E-state index contributed by atoms with van der Waals surface area (Å²) in [6, 6.07) is 4.48. The number of thiophene rings is 1. The maximum Gasteiger partial charge on any atom is 0.261 e. The molecule has 0 spiro atoms. The molecule has 1 amide bonds. The third kappa shape index (κ3) is 6.03. The quantitative estimate of drug-likeness (QED) is 0.342. The molecule has 3 N–H and O–H groups in total. The van der Waals surface area contributed by atoms with E-state index in [4.69, 9.17) is 4.74 Å². The number of ether oxygens (including phenoxy) is 1. The van der Waals surface area contributed by atoms with Gasteiger partial charge in [0.2, 0.25) is 0 Å². The summed E-state index contributed by atoms with van der Waals surface area (Å²) in [5, 5.41) is 10.2. The Morgan fingerprint density at radius 3 is 2.97 bits per heavy atom. The molecule has 1 aliphatic rings. The summed E-state index contributed by atoms with van der Waals surface area (Å²) in [6.45, 7) is 6.43. The summed E-state index contributed by atoms with van der Waals surface area (Å²) < 4.78 is 22.5. The van der Waals surface area contributed by atoms with Crippen LogP contribution in [0.3, 0.4) is 0 Å². The van der Waals surface area contributed by atoms with Gasteiger partial charge in [0.05, 0.1) is 16.0 Å². The predicted molar refractivity (Wildman–Crippen MR) is 141 cm³/mol. The number of hydrogen-bond acceptors (Lipinski definition) is 9. The van der Waals surface area contributed by atoms with Crippen LogP contribution >= 0.6 is 23.3 Å². The summed E-state index contributed by atoms with van der Waals surface area (Å²) in [5.74, 6) is 0.509. The standard InChI is InChI=1S/C24H31FN6O2S2/c1-14(7-9-26-3)29-23(32)21-15(2)20-22(27-13-28-24(20)35-21)30-18-6-5-16(25)11-19(18)33-17-8-10-31(12-17)34-4/h5-6,11,13-14,17,26H,7-10,12H2,1-4H3,(H,29,32)(H,27,28,30). The maximum absolute atomic E-state index is 14.1. The number of nitrogens with zero attached hydrogens (tertiary/aromatic N) is 3. The van der Waals surface area contributed by atoms with Crippen LogP contribution < -0.4 is 20.7 Å². The van der Waals surface area contributed by atoms with Gasteiger partial charge in [-0.3, -0.25) is 4.79 Å². The van der Waals surface area contributed by atoms with Gasteiger partial charge in [0.25, 0.3) is 5.91 Å². The fourth-order valence-corrected chi connectivity index (χ4v) is 5.72. The Morgan fingerprint density at radius 1 is 1.40 bits per heavy atom. The molecule has 0 bridgehead atoms. The molecule has 35 heavy (non-hydrogen) atoms. The van der Waals surface area contributed by atoms with Crippen molar-refractivity contribution in [2.75, 3.05) is 38.3 Å². The van der Waals surface area contributed by atoms with Crippen LogP contribution in [-0.4, -0.2) is 65.3 Å². The van der Waals surface area contributed by atoms with Gasteiger partial charge >= 0.3 is 0 Å². The van der Waals surface area contributed by atoms with Crippen LogP contribution in [0.5, 0.6) is 5.75 Å². The van der Waals surface area contributed by atoms with Gasteiger partial charge in [0.1, 0.15) is 34.6 Å². The number of halogens is 1. The smallest absolute Gasteiger partial charge is 0.261 e. The Labute approximate surface area is 213 Å². The molecular formula is C24H31FN6O2S2. The van der Waals surface area contributed by atoms with Crippen molar-refractivity contribution in [1.82, 2.24) is 24.9 Å². The zero-order chi connectivity index (χ0) is 24.9. The molecule has 0 saturated carbocycles. The van der Waals surface area contributed by atoms with Gasteiger partial charge < -0.3 is 20.7 Å². The third-order valence-electron chi connectivity index (χ3n) is 5.99. The van der Waals surface area contributed by atoms with E-state index in [0.717, 1.165) is 43.4 Å². The van der Waals surface area contributed by atoms with Gasteiger partial charge in [-0.25, -0.2) is 18.7 Å². The van der Waals surface area contributed by atoms with Crippen molar-refractivity contribution in [2.45, 2.75) is 38.8 Å². The van der Waals surface area contributed by atoms with E-state index in [0.29, 0.717) is 27.0 Å². The molecule has 0 aliphatic carbocycles. The van der Waals surface area contributed by atoms with Crippen LogP contribution in [0.1, 0.15) is 35.0 Å². The molecule has 188 valence electrons. The SMILES string of the molecule is CNCCC(C)NC(=O)c1sc2ncnc(Nc3ccc(F)cc3OC3CCN(SC)C3)c2c1C. The summed E-state index contributed by atoms with van der Waals surface area (Å²) in [5.41, 5.74) is 1.42. The van der Waals surface area contributed by atoms with Crippen LogP contribution in [0, 0.1) is 12.7 Å². The summed E-state index contributed by atoms with van der Waals surface area (Å²) in [6.07, 6.45) is 5.21. The lowest BCUT2D eigenvalue weighted by molar-refractivity contribution is 0.0942. The molecule has 11 heteroatoms. The number of carbonyl (C=O) groups excluding carboxylic acids is 1. The van der Waals surface area contributed by atoms with Crippen LogP contribution in [0.15, 0.2) is 24.5 Å². The molecule has 8 nitrogen and oxygen atoms in total. The van der Waals surface area contributed by atoms with E-state index in [9.17, 15) is 9.18 Å². The lowest BCUT2D eigenvalue weighted by Crippen LogP contribution is -2.34. The van der Waals surface area contributed by atoms with E-state index in [1.807, 2.05) is 27.2 Å². The molecule has 2 unspecified atom stereocenters. The summed E-state index contributed by atoms with van der Waals surface area (Å²) in [7, 11) is 1.89. The normalized spacial score (nSPS) is 17.0. The molecule has 1 aromatic carbocycles. The maximum atomic E-state index is 14.1. The monoisotopic (exact) mass is 518 g/mol. The second-order valence-corrected chi connectivity index (χ2v) is 10.5. The first-order valence-electron chi connectivity index (χ1n) is 11.6. The van der Waals surface area contributed by atoms with Crippen molar-refractivity contribution in [2.24, 2.45) is 0 Å². The van der Waals surface area contributed by atoms with Crippen molar-refractivity contribution in [1.29, 1.82) is 0 Å². The Morgan fingerprint density at radius 2 is 2.23 bits per heavy atom. The van der Waals surface area contributed by atoms with Crippen LogP contribution in [-0.2, 0) is 0 Å². The largest absolute Gasteiger partial charge is 0.487 e. The number of aryl methyl sites for hydroxylation is 1. The molecule has 4 rings (SSSR count). The Bertz CT molecular complexity index is 1190. The summed E-state index contributed by atoms with van der Waals surface area (Å²) >= 11 is 3.02. The number of nitrogens with one attached hydrogen (secondary N) is 3. The average molecular weight is 519 g/mol. The van der Waals surface area contributed by atoms with Gasteiger partial charge in [-0.2, -0.15) is 0 Å². The zero-order valence-corrected chi connectivity index (χ0v) is 22.0. The number of carbonyl (C=O) groups is 1. The van der Waals surface area contributed by atoms with Gasteiger partial charge in [-0.05, 0) is 64.2 Å². The number of benzene rings is 1. The van der Waals surface area contributed by atoms with E-state index < -0.39 is 0 Å². The minimum absolute atomic E-state index is 0.0155. The van der Waals surface area contributed by atoms with Crippen molar-refractivity contribution in [3.8, 4) is 5.75 Å². The van der Waals surface area contributed by atoms with Gasteiger partial charge in [-0.15, -0.1) is 11.3 Å². The number of fused-ring (bicyclic) bond motifs is 1. The van der Waals surface area contributed by atoms with Crippen LogP contribution in [0.4, 0.5) is 15.9 Å². The van der Waals surface area contributed by atoms with Gasteiger partial charge in [-0.1, -0.05) is 11.9 Å². The number of rotatable bonds is 10. The second kappa shape index (κ2) is 11.5. The highest BCUT2D eigenvalue weighted by molar-refractivity contribution is 7.96. The molecule has 2 atom stereocenters. The Balaban J connectivity index is 1.59. The van der Waals surface area contributed by atoms with Crippen LogP contribution in [0.2, 0.25) is 0 Å². The topological polar surface area (TPSA) is 91.4 Å². The molecule has 1 fully saturated rings. The first-order valence-corrected chi connectivity index (χ1v) is 13.6. The second-order valence-electron chi connectivity index (χ2n) is 8.59. The first-order chi connectivity index (χ1) is 16.9. The van der Waals surface area contributed by atoms with Crippen molar-refractivity contribution in [3.63, 3.8) is 0 Å². The number of amides is 1. The molecule has 1 saturated heterocycles. The fourth-order valence-electron chi connectivity index (χ4n) is 4.07. The minimum atomic E-state index is -0.365. The molecule has 3 aromatic rings. The van der Waals surface area contributed by atoms with Crippen molar-refractivity contribution >= 4 is 50.9 Å². The highest BCUT2D eigenvalue weighted by atomic mass is 32.2. The molecular weight excluding hydrogens is 487 g/mol. The highest BCUT2D eigenvalue weighted by Gasteiger charge is 2.25. The molecule has 1 aliphatic heterocycles. The number of anilines is 2. The van der Waals surface area contributed by atoms with Crippen molar-refractivity contribution in [3.05, 3.63) is 40.8 Å². The zero-order valence-electron chi connectivity index (χ0n) is 20.4. The Hall–Kier alpha value is -2.47. The van der Waals surface area contributed by atoms with E-state index in [2.05, 4.69) is 30.2 Å². The highest BCUT2D eigenvalue weighted by Crippen LogP contribution is 2.37. The Kier molecular flexibility index (Phi) is 8.42. The lowest BCUT2D eigenvalue weighted by atomic mass is 10.1. The lowest BCUT2D eigenvalue weighted by Gasteiger charge is -2.18. The minimum Gasteiger partial charge on any atom is -0.487 e. The summed E-state index contributed by atoms with van der Waals surface area (Å²) in [4.78, 5) is 23.1. The molecule has 3 heterocycles. The predicted octanol–water partition coefficient (Wildman–Crippen LogP) is 4.34. The fraction of sp³-hybridized carbons (Fsp3) is 0.458. The van der Waals surface area contributed by atoms with Gasteiger partial charge in [0, 0.05) is 25.2 Å². The number of hydrogen-bond donors (Lipinski definition) is 3. The van der Waals surface area contributed by atoms with Crippen molar-refractivity contribution < 1.29 is 13.9 Å². The third-order valence-corrected chi connectivity index (χ3v) is 8.04.